The molecule has 3 rings (SSSR count). The minimum Gasteiger partial charge on any atom is -0.366 e. The molecule has 122 valence electrons. The molecule has 0 unspecified atom stereocenters. The van der Waals surface area contributed by atoms with Crippen LogP contribution in [0.3, 0.4) is 0 Å². The van der Waals surface area contributed by atoms with E-state index in [-0.39, 0.29) is 5.82 Å². The Hall–Kier alpha value is -2.95. The van der Waals surface area contributed by atoms with Crippen molar-refractivity contribution in [2.45, 2.75) is 20.0 Å². The van der Waals surface area contributed by atoms with E-state index in [0.717, 1.165) is 17.1 Å². The molecule has 0 aliphatic carbocycles. The summed E-state index contributed by atoms with van der Waals surface area (Å²) >= 11 is 0. The van der Waals surface area contributed by atoms with E-state index in [0.29, 0.717) is 19.0 Å². The molecule has 0 atom stereocenters. The Kier molecular flexibility index (Phi) is 5.01. The average molecular weight is 322 g/mol. The summed E-state index contributed by atoms with van der Waals surface area (Å²) in [5.74, 6) is 1.09. The van der Waals surface area contributed by atoms with E-state index in [1.807, 2.05) is 31.2 Å². The maximum atomic E-state index is 12.9. The molecule has 3 aromatic rings. The first-order chi connectivity index (χ1) is 11.7. The first-order valence-electron chi connectivity index (χ1n) is 7.81. The lowest BCUT2D eigenvalue weighted by Gasteiger charge is -2.10. The van der Waals surface area contributed by atoms with Crippen molar-refractivity contribution in [3.63, 3.8) is 0 Å². The Morgan fingerprint density at radius 1 is 0.833 bits per heavy atom. The molecule has 0 saturated heterocycles. The molecule has 2 aromatic carbocycles. The highest BCUT2D eigenvalue weighted by molar-refractivity contribution is 5.43. The quantitative estimate of drug-likeness (QED) is 0.716. The van der Waals surface area contributed by atoms with Gasteiger partial charge in [0.2, 0.25) is 5.95 Å². The third-order valence-electron chi connectivity index (χ3n) is 3.53. The molecular weight excluding hydrogens is 303 g/mol. The largest absolute Gasteiger partial charge is 0.366 e. The van der Waals surface area contributed by atoms with Crippen molar-refractivity contribution >= 4 is 11.8 Å². The SMILES string of the molecule is Cc1cc(NCc2ccc(F)cc2)nc(NCc2ccccc2)n1. The molecule has 4 nitrogen and oxygen atoms in total. The van der Waals surface area contributed by atoms with E-state index >= 15 is 0 Å². The van der Waals surface area contributed by atoms with Gasteiger partial charge in [-0.15, -0.1) is 0 Å². The van der Waals surface area contributed by atoms with Crippen molar-refractivity contribution in [2.75, 3.05) is 10.6 Å². The fourth-order valence-corrected chi connectivity index (χ4v) is 2.31. The maximum Gasteiger partial charge on any atom is 0.225 e. The van der Waals surface area contributed by atoms with E-state index < -0.39 is 0 Å². The summed E-state index contributed by atoms with van der Waals surface area (Å²) in [5, 5.41) is 6.48. The molecule has 0 amide bonds. The van der Waals surface area contributed by atoms with Gasteiger partial charge in [0.15, 0.2) is 0 Å². The van der Waals surface area contributed by atoms with Crippen LogP contribution in [-0.4, -0.2) is 9.97 Å². The monoisotopic (exact) mass is 322 g/mol. The van der Waals surface area contributed by atoms with E-state index in [2.05, 4.69) is 32.7 Å². The Bertz CT molecular complexity index is 788. The van der Waals surface area contributed by atoms with Gasteiger partial charge in [-0.3, -0.25) is 0 Å². The lowest BCUT2D eigenvalue weighted by Crippen LogP contribution is -2.08. The van der Waals surface area contributed by atoms with Gasteiger partial charge in [0.1, 0.15) is 11.6 Å². The van der Waals surface area contributed by atoms with Crippen LogP contribution in [0.2, 0.25) is 0 Å². The van der Waals surface area contributed by atoms with Crippen LogP contribution in [0.15, 0.2) is 60.7 Å². The Balaban J connectivity index is 1.63. The Labute approximate surface area is 140 Å². The summed E-state index contributed by atoms with van der Waals surface area (Å²) in [6, 6.07) is 18.4. The van der Waals surface area contributed by atoms with Crippen LogP contribution >= 0.6 is 0 Å². The number of nitrogens with one attached hydrogen (secondary N) is 2. The highest BCUT2D eigenvalue weighted by Gasteiger charge is 2.03. The summed E-state index contributed by atoms with van der Waals surface area (Å²) in [6.07, 6.45) is 0. The first-order valence-corrected chi connectivity index (χ1v) is 7.81. The molecule has 0 fully saturated rings. The number of aromatic nitrogens is 2. The van der Waals surface area contributed by atoms with Gasteiger partial charge in [0.25, 0.3) is 0 Å². The topological polar surface area (TPSA) is 49.8 Å². The molecule has 0 radical (unpaired) electrons. The summed E-state index contributed by atoms with van der Waals surface area (Å²) in [5.41, 5.74) is 3.04. The fourth-order valence-electron chi connectivity index (χ4n) is 2.31. The number of anilines is 2. The van der Waals surface area contributed by atoms with Crippen molar-refractivity contribution < 1.29 is 4.39 Å². The Morgan fingerprint density at radius 2 is 1.50 bits per heavy atom. The van der Waals surface area contributed by atoms with Crippen molar-refractivity contribution in [1.29, 1.82) is 0 Å². The van der Waals surface area contributed by atoms with Gasteiger partial charge >= 0.3 is 0 Å². The van der Waals surface area contributed by atoms with Crippen molar-refractivity contribution in [2.24, 2.45) is 0 Å². The molecule has 0 bridgehead atoms. The predicted molar refractivity (Wildman–Crippen MR) is 94.3 cm³/mol. The zero-order chi connectivity index (χ0) is 16.8. The number of halogens is 1. The average Bonchev–Trinajstić information content (AvgIpc) is 2.60. The van der Waals surface area contributed by atoms with Crippen molar-refractivity contribution in [1.82, 2.24) is 9.97 Å². The van der Waals surface area contributed by atoms with Gasteiger partial charge in [0, 0.05) is 24.8 Å². The number of benzene rings is 2. The van der Waals surface area contributed by atoms with Crippen LogP contribution < -0.4 is 10.6 Å². The van der Waals surface area contributed by atoms with Gasteiger partial charge < -0.3 is 10.6 Å². The number of nitrogens with zero attached hydrogens (tertiary/aromatic N) is 2. The summed E-state index contributed by atoms with van der Waals surface area (Å²) in [4.78, 5) is 8.88. The second kappa shape index (κ2) is 7.55. The highest BCUT2D eigenvalue weighted by atomic mass is 19.1. The Morgan fingerprint density at radius 3 is 2.25 bits per heavy atom. The third-order valence-corrected chi connectivity index (χ3v) is 3.53. The number of hydrogen-bond acceptors (Lipinski definition) is 4. The summed E-state index contributed by atoms with van der Waals surface area (Å²) in [6.45, 7) is 3.18. The van der Waals surface area contributed by atoms with Crippen LogP contribution in [0.5, 0.6) is 0 Å². The zero-order valence-corrected chi connectivity index (χ0v) is 13.5. The van der Waals surface area contributed by atoms with Crippen LogP contribution in [-0.2, 0) is 13.1 Å². The van der Waals surface area contributed by atoms with Gasteiger partial charge in [0.05, 0.1) is 0 Å². The molecule has 0 saturated carbocycles. The van der Waals surface area contributed by atoms with Gasteiger partial charge in [-0.05, 0) is 30.2 Å². The minimum absolute atomic E-state index is 0.232. The molecule has 1 aromatic heterocycles. The third kappa shape index (κ3) is 4.52. The predicted octanol–water partition coefficient (Wildman–Crippen LogP) is 4.15. The molecule has 0 aliphatic rings. The summed E-state index contributed by atoms with van der Waals surface area (Å²) < 4.78 is 12.9. The fraction of sp³-hybridized carbons (Fsp3) is 0.158. The standard InChI is InChI=1S/C19H19FN4/c1-14-11-18(21-12-16-7-9-17(20)10-8-16)24-19(23-14)22-13-15-5-3-2-4-6-15/h2-11H,12-13H2,1H3,(H2,21,22,23,24). The van der Waals surface area contributed by atoms with Crippen LogP contribution in [0.1, 0.15) is 16.8 Å². The second-order valence-corrected chi connectivity index (χ2v) is 5.54. The normalized spacial score (nSPS) is 10.4. The second-order valence-electron chi connectivity index (χ2n) is 5.54. The lowest BCUT2D eigenvalue weighted by molar-refractivity contribution is 0.627. The van der Waals surface area contributed by atoms with Crippen LogP contribution in [0.4, 0.5) is 16.2 Å². The first kappa shape index (κ1) is 15.9. The molecular formula is C19H19FN4. The van der Waals surface area contributed by atoms with E-state index in [1.54, 1.807) is 12.1 Å². The number of hydrogen-bond donors (Lipinski definition) is 2. The van der Waals surface area contributed by atoms with Crippen LogP contribution in [0.25, 0.3) is 0 Å². The van der Waals surface area contributed by atoms with E-state index in [9.17, 15) is 4.39 Å². The molecule has 1 heterocycles. The van der Waals surface area contributed by atoms with Gasteiger partial charge in [-0.2, -0.15) is 4.98 Å². The summed E-state index contributed by atoms with van der Waals surface area (Å²) in [7, 11) is 0. The molecule has 0 aliphatic heterocycles. The minimum atomic E-state index is -0.232. The van der Waals surface area contributed by atoms with Gasteiger partial charge in [-0.25, -0.2) is 9.37 Å². The van der Waals surface area contributed by atoms with Gasteiger partial charge in [-0.1, -0.05) is 42.5 Å². The zero-order valence-electron chi connectivity index (χ0n) is 13.5. The number of rotatable bonds is 6. The highest BCUT2D eigenvalue weighted by Crippen LogP contribution is 2.12. The molecule has 0 spiro atoms. The van der Waals surface area contributed by atoms with Crippen LogP contribution in [0, 0.1) is 12.7 Å². The van der Waals surface area contributed by atoms with Crippen molar-refractivity contribution in [3.05, 3.63) is 83.3 Å². The van der Waals surface area contributed by atoms with E-state index in [1.165, 1.54) is 17.7 Å². The molecule has 5 heteroatoms. The lowest BCUT2D eigenvalue weighted by atomic mass is 10.2. The van der Waals surface area contributed by atoms with Crippen molar-refractivity contribution in [3.8, 4) is 0 Å². The molecule has 2 N–H and O–H groups in total. The smallest absolute Gasteiger partial charge is 0.225 e. The molecule has 24 heavy (non-hydrogen) atoms. The maximum absolute atomic E-state index is 12.9. The number of aryl methyl sites for hydroxylation is 1. The van der Waals surface area contributed by atoms with E-state index in [4.69, 9.17) is 0 Å².